The monoisotopic (exact) mass is 263 g/mol. The highest BCUT2D eigenvalue weighted by Crippen LogP contribution is 2.24. The standard InChI is InChI=1S/C14H18FN3O/c1-4-7-16-10(3)13-17-18-14(19-13)11-6-5-9(2)8-12(11)15/h5-6,8,10,16H,4,7H2,1-3H3. The van der Waals surface area contributed by atoms with Crippen LogP contribution in [0.5, 0.6) is 0 Å². The van der Waals surface area contributed by atoms with Gasteiger partial charge in [-0.2, -0.15) is 0 Å². The number of rotatable bonds is 5. The smallest absolute Gasteiger partial charge is 0.250 e. The molecule has 0 radical (unpaired) electrons. The molecule has 1 aromatic heterocycles. The van der Waals surface area contributed by atoms with Crippen molar-refractivity contribution in [2.75, 3.05) is 6.54 Å². The van der Waals surface area contributed by atoms with Crippen molar-refractivity contribution in [1.29, 1.82) is 0 Å². The maximum Gasteiger partial charge on any atom is 0.250 e. The molecule has 0 fully saturated rings. The molecule has 2 rings (SSSR count). The summed E-state index contributed by atoms with van der Waals surface area (Å²) >= 11 is 0. The molecule has 0 saturated carbocycles. The Kier molecular flexibility index (Phi) is 4.27. The van der Waals surface area contributed by atoms with Crippen molar-refractivity contribution in [2.45, 2.75) is 33.2 Å². The first kappa shape index (κ1) is 13.7. The third-order valence-corrected chi connectivity index (χ3v) is 2.87. The molecule has 19 heavy (non-hydrogen) atoms. The Balaban J connectivity index is 2.20. The Morgan fingerprint density at radius 1 is 1.37 bits per heavy atom. The van der Waals surface area contributed by atoms with Crippen molar-refractivity contribution in [2.24, 2.45) is 0 Å². The van der Waals surface area contributed by atoms with Crippen LogP contribution in [0.1, 0.15) is 37.8 Å². The molecule has 0 aliphatic heterocycles. The molecule has 102 valence electrons. The van der Waals surface area contributed by atoms with E-state index in [4.69, 9.17) is 4.42 Å². The largest absolute Gasteiger partial charge is 0.419 e. The lowest BCUT2D eigenvalue weighted by Crippen LogP contribution is -2.19. The lowest BCUT2D eigenvalue weighted by Gasteiger charge is -2.07. The number of hydrogen-bond acceptors (Lipinski definition) is 4. The normalized spacial score (nSPS) is 12.6. The van der Waals surface area contributed by atoms with E-state index in [1.54, 1.807) is 6.07 Å². The molecule has 0 saturated heterocycles. The van der Waals surface area contributed by atoms with Crippen LogP contribution in [0.2, 0.25) is 0 Å². The van der Waals surface area contributed by atoms with E-state index in [1.807, 2.05) is 19.9 Å². The van der Waals surface area contributed by atoms with E-state index in [0.717, 1.165) is 18.5 Å². The topological polar surface area (TPSA) is 51.0 Å². The average molecular weight is 263 g/mol. The third-order valence-electron chi connectivity index (χ3n) is 2.87. The molecule has 0 amide bonds. The van der Waals surface area contributed by atoms with Crippen LogP contribution in [0.25, 0.3) is 11.5 Å². The predicted molar refractivity (Wildman–Crippen MR) is 71.1 cm³/mol. The molecule has 1 unspecified atom stereocenters. The summed E-state index contributed by atoms with van der Waals surface area (Å²) in [6.07, 6.45) is 1.03. The second-order valence-electron chi connectivity index (χ2n) is 4.60. The molecule has 1 atom stereocenters. The van der Waals surface area contributed by atoms with Gasteiger partial charge in [-0.15, -0.1) is 10.2 Å². The number of nitrogens with one attached hydrogen (secondary N) is 1. The van der Waals surface area contributed by atoms with Gasteiger partial charge in [-0.25, -0.2) is 4.39 Å². The summed E-state index contributed by atoms with van der Waals surface area (Å²) in [4.78, 5) is 0. The van der Waals surface area contributed by atoms with Gasteiger partial charge >= 0.3 is 0 Å². The molecular weight excluding hydrogens is 245 g/mol. The van der Waals surface area contributed by atoms with Gasteiger partial charge in [0.05, 0.1) is 11.6 Å². The van der Waals surface area contributed by atoms with E-state index in [-0.39, 0.29) is 17.7 Å². The molecular formula is C14H18FN3O. The summed E-state index contributed by atoms with van der Waals surface area (Å²) in [5.41, 5.74) is 1.20. The molecule has 1 aromatic carbocycles. The van der Waals surface area contributed by atoms with Crippen molar-refractivity contribution < 1.29 is 8.81 Å². The molecule has 0 aliphatic carbocycles. The SMILES string of the molecule is CCCNC(C)c1nnc(-c2ccc(C)cc2F)o1. The van der Waals surface area contributed by atoms with Crippen molar-refractivity contribution in [3.8, 4) is 11.5 Å². The predicted octanol–water partition coefficient (Wildman–Crippen LogP) is 3.24. The minimum atomic E-state index is -0.343. The second kappa shape index (κ2) is 5.93. The summed E-state index contributed by atoms with van der Waals surface area (Å²) in [7, 11) is 0. The van der Waals surface area contributed by atoms with Crippen LogP contribution in [-0.2, 0) is 0 Å². The third kappa shape index (κ3) is 3.17. The molecule has 1 heterocycles. The van der Waals surface area contributed by atoms with E-state index in [1.165, 1.54) is 6.07 Å². The Hall–Kier alpha value is -1.75. The fraction of sp³-hybridized carbons (Fsp3) is 0.429. The molecule has 2 aromatic rings. The summed E-state index contributed by atoms with van der Waals surface area (Å²) in [6, 6.07) is 4.90. The number of benzene rings is 1. The van der Waals surface area contributed by atoms with Crippen LogP contribution in [0, 0.1) is 12.7 Å². The second-order valence-corrected chi connectivity index (χ2v) is 4.60. The van der Waals surface area contributed by atoms with Gasteiger partial charge < -0.3 is 9.73 Å². The zero-order valence-electron chi connectivity index (χ0n) is 11.4. The molecule has 0 aliphatic rings. The Bertz CT molecular complexity index is 553. The Labute approximate surface area is 112 Å². The highest BCUT2D eigenvalue weighted by molar-refractivity contribution is 5.54. The lowest BCUT2D eigenvalue weighted by molar-refractivity contribution is 0.422. The van der Waals surface area contributed by atoms with Crippen molar-refractivity contribution in [1.82, 2.24) is 15.5 Å². The van der Waals surface area contributed by atoms with Gasteiger partial charge in [0.25, 0.3) is 5.89 Å². The van der Waals surface area contributed by atoms with Gasteiger partial charge in [-0.3, -0.25) is 0 Å². The maximum atomic E-state index is 13.8. The van der Waals surface area contributed by atoms with E-state index in [9.17, 15) is 4.39 Å². The fourth-order valence-corrected chi connectivity index (χ4v) is 1.76. The van der Waals surface area contributed by atoms with Gasteiger partial charge in [0.1, 0.15) is 5.82 Å². The van der Waals surface area contributed by atoms with Crippen molar-refractivity contribution in [3.05, 3.63) is 35.5 Å². The zero-order valence-corrected chi connectivity index (χ0v) is 11.4. The number of nitrogens with zero attached hydrogens (tertiary/aromatic N) is 2. The number of aromatic nitrogens is 2. The quantitative estimate of drug-likeness (QED) is 0.899. The Morgan fingerprint density at radius 3 is 2.84 bits per heavy atom. The van der Waals surface area contributed by atoms with Crippen molar-refractivity contribution >= 4 is 0 Å². The van der Waals surface area contributed by atoms with Gasteiger partial charge in [0, 0.05) is 0 Å². The van der Waals surface area contributed by atoms with E-state index < -0.39 is 0 Å². The summed E-state index contributed by atoms with van der Waals surface area (Å²) in [5.74, 6) is 0.352. The van der Waals surface area contributed by atoms with Gasteiger partial charge in [-0.05, 0) is 44.5 Å². The van der Waals surface area contributed by atoms with Crippen LogP contribution in [0.4, 0.5) is 4.39 Å². The van der Waals surface area contributed by atoms with Crippen LogP contribution in [0.15, 0.2) is 22.6 Å². The van der Waals surface area contributed by atoms with Crippen LogP contribution in [0.3, 0.4) is 0 Å². The van der Waals surface area contributed by atoms with Crippen molar-refractivity contribution in [3.63, 3.8) is 0 Å². The molecule has 0 spiro atoms. The van der Waals surface area contributed by atoms with Gasteiger partial charge in [0.2, 0.25) is 5.89 Å². The highest BCUT2D eigenvalue weighted by atomic mass is 19.1. The summed E-state index contributed by atoms with van der Waals surface area (Å²) in [6.45, 7) is 6.74. The first-order chi connectivity index (χ1) is 9.11. The Morgan fingerprint density at radius 2 is 2.16 bits per heavy atom. The number of aryl methyl sites for hydroxylation is 1. The summed E-state index contributed by atoms with van der Waals surface area (Å²) < 4.78 is 19.3. The number of halogens is 1. The van der Waals surface area contributed by atoms with E-state index in [0.29, 0.717) is 11.5 Å². The van der Waals surface area contributed by atoms with Gasteiger partial charge in [0.15, 0.2) is 0 Å². The minimum Gasteiger partial charge on any atom is -0.419 e. The van der Waals surface area contributed by atoms with E-state index >= 15 is 0 Å². The van der Waals surface area contributed by atoms with Crippen LogP contribution >= 0.6 is 0 Å². The van der Waals surface area contributed by atoms with Crippen LogP contribution < -0.4 is 5.32 Å². The maximum absolute atomic E-state index is 13.8. The molecule has 1 N–H and O–H groups in total. The average Bonchev–Trinajstić information content (AvgIpc) is 2.85. The molecule has 0 bridgehead atoms. The molecule has 4 nitrogen and oxygen atoms in total. The first-order valence-electron chi connectivity index (χ1n) is 6.45. The highest BCUT2D eigenvalue weighted by Gasteiger charge is 2.16. The van der Waals surface area contributed by atoms with Crippen LogP contribution in [-0.4, -0.2) is 16.7 Å². The minimum absolute atomic E-state index is 0.0327. The molecule has 5 heteroatoms. The first-order valence-corrected chi connectivity index (χ1v) is 6.45. The van der Waals surface area contributed by atoms with Gasteiger partial charge in [-0.1, -0.05) is 13.0 Å². The lowest BCUT2D eigenvalue weighted by atomic mass is 10.1. The summed E-state index contributed by atoms with van der Waals surface area (Å²) in [5, 5.41) is 11.1. The fourth-order valence-electron chi connectivity index (χ4n) is 1.76. The number of hydrogen-bond donors (Lipinski definition) is 1. The zero-order chi connectivity index (χ0) is 13.8. The van der Waals surface area contributed by atoms with E-state index in [2.05, 4.69) is 22.4 Å².